The third kappa shape index (κ3) is 3.13. The number of hydrogen-bond donors (Lipinski definition) is 1. The summed E-state index contributed by atoms with van der Waals surface area (Å²) in [6.07, 6.45) is 0.828. The number of nitrogens with one attached hydrogen (secondary N) is 1. The highest BCUT2D eigenvalue weighted by Crippen LogP contribution is 2.39. The van der Waals surface area contributed by atoms with Crippen molar-refractivity contribution in [2.45, 2.75) is 26.0 Å². The highest BCUT2D eigenvalue weighted by atomic mass is 16.5. The molecule has 24 heavy (non-hydrogen) atoms. The van der Waals surface area contributed by atoms with E-state index in [-0.39, 0.29) is 17.6 Å². The van der Waals surface area contributed by atoms with Gasteiger partial charge in [-0.15, -0.1) is 0 Å². The van der Waals surface area contributed by atoms with Gasteiger partial charge in [-0.05, 0) is 25.1 Å². The minimum Gasteiger partial charge on any atom is -0.493 e. The van der Waals surface area contributed by atoms with Crippen LogP contribution in [0.2, 0.25) is 0 Å². The Kier molecular flexibility index (Phi) is 4.29. The Bertz CT molecular complexity index is 828. The number of carbonyl (C=O) groups excluding carboxylic acids is 1. The van der Waals surface area contributed by atoms with Gasteiger partial charge in [0.25, 0.3) is 5.91 Å². The number of pyridine rings is 1. The van der Waals surface area contributed by atoms with Crippen LogP contribution in [0.25, 0.3) is 0 Å². The van der Waals surface area contributed by atoms with Crippen molar-refractivity contribution in [3.8, 4) is 11.5 Å². The first kappa shape index (κ1) is 16.1. The number of methoxy groups -OCH3 is 1. The number of aromatic nitrogens is 1. The molecule has 3 rings (SSSR count). The lowest BCUT2D eigenvalue weighted by molar-refractivity contribution is 0.0783. The first-order chi connectivity index (χ1) is 11.5. The molecule has 1 aliphatic heterocycles. The van der Waals surface area contributed by atoms with Crippen LogP contribution in [0.15, 0.2) is 35.1 Å². The molecule has 0 fully saturated rings. The van der Waals surface area contributed by atoms with E-state index in [1.54, 1.807) is 37.3 Å². The molecule has 6 nitrogen and oxygen atoms in total. The number of aromatic amines is 1. The number of ether oxygens (including phenoxy) is 2. The third-order valence-electron chi connectivity index (χ3n) is 4.01. The van der Waals surface area contributed by atoms with Gasteiger partial charge in [0, 0.05) is 36.4 Å². The average Bonchev–Trinajstić information content (AvgIpc) is 2.93. The van der Waals surface area contributed by atoms with Gasteiger partial charge in [-0.2, -0.15) is 0 Å². The average molecular weight is 328 g/mol. The molecule has 1 aromatic heterocycles. The highest BCUT2D eigenvalue weighted by Gasteiger charge is 2.26. The SMILES string of the molecule is COc1cc(C(=O)N(C)Cc2cccc(=O)[nH]2)cc2c1OC(C)C2. The molecule has 0 aliphatic carbocycles. The Morgan fingerprint density at radius 3 is 2.92 bits per heavy atom. The first-order valence-corrected chi connectivity index (χ1v) is 7.79. The van der Waals surface area contributed by atoms with Gasteiger partial charge < -0.3 is 19.4 Å². The normalized spacial score (nSPS) is 15.5. The number of nitrogens with zero attached hydrogens (tertiary/aromatic N) is 1. The second kappa shape index (κ2) is 6.39. The fraction of sp³-hybridized carbons (Fsp3) is 0.333. The summed E-state index contributed by atoms with van der Waals surface area (Å²) in [6, 6.07) is 8.45. The van der Waals surface area contributed by atoms with E-state index in [0.717, 1.165) is 17.7 Å². The molecule has 0 radical (unpaired) electrons. The van der Waals surface area contributed by atoms with Crippen molar-refractivity contribution in [2.24, 2.45) is 0 Å². The van der Waals surface area contributed by atoms with E-state index in [0.29, 0.717) is 23.6 Å². The van der Waals surface area contributed by atoms with Crippen LogP contribution in [0.4, 0.5) is 0 Å². The van der Waals surface area contributed by atoms with E-state index in [9.17, 15) is 9.59 Å². The maximum Gasteiger partial charge on any atom is 0.254 e. The number of benzene rings is 1. The lowest BCUT2D eigenvalue weighted by atomic mass is 10.1. The number of carbonyl (C=O) groups is 1. The number of rotatable bonds is 4. The molecular weight excluding hydrogens is 308 g/mol. The number of amides is 1. The molecule has 1 aliphatic rings. The molecule has 0 spiro atoms. The van der Waals surface area contributed by atoms with Gasteiger partial charge in [-0.1, -0.05) is 6.07 Å². The molecule has 1 atom stereocenters. The summed E-state index contributed by atoms with van der Waals surface area (Å²) in [4.78, 5) is 28.4. The van der Waals surface area contributed by atoms with Crippen LogP contribution in [0.5, 0.6) is 11.5 Å². The zero-order valence-corrected chi connectivity index (χ0v) is 14.0. The minimum atomic E-state index is -0.182. The van der Waals surface area contributed by atoms with Gasteiger partial charge in [0.2, 0.25) is 5.56 Å². The van der Waals surface area contributed by atoms with Crippen molar-refractivity contribution < 1.29 is 14.3 Å². The number of fused-ring (bicyclic) bond motifs is 1. The Hall–Kier alpha value is -2.76. The van der Waals surface area contributed by atoms with E-state index < -0.39 is 0 Å². The fourth-order valence-corrected chi connectivity index (χ4v) is 2.91. The van der Waals surface area contributed by atoms with Crippen molar-refractivity contribution in [2.75, 3.05) is 14.2 Å². The minimum absolute atomic E-state index is 0.0753. The van der Waals surface area contributed by atoms with Gasteiger partial charge in [-0.3, -0.25) is 9.59 Å². The molecule has 0 saturated carbocycles. The second-order valence-corrected chi connectivity index (χ2v) is 6.00. The molecule has 1 unspecified atom stereocenters. The summed E-state index contributed by atoms with van der Waals surface area (Å²) in [7, 11) is 3.26. The smallest absolute Gasteiger partial charge is 0.254 e. The monoisotopic (exact) mass is 328 g/mol. The Morgan fingerprint density at radius 2 is 2.21 bits per heavy atom. The van der Waals surface area contributed by atoms with E-state index in [1.807, 2.05) is 13.0 Å². The van der Waals surface area contributed by atoms with E-state index in [4.69, 9.17) is 9.47 Å². The van der Waals surface area contributed by atoms with E-state index in [1.165, 1.54) is 6.07 Å². The van der Waals surface area contributed by atoms with Gasteiger partial charge in [0.1, 0.15) is 6.10 Å². The van der Waals surface area contributed by atoms with Crippen LogP contribution in [0, 0.1) is 0 Å². The maximum atomic E-state index is 12.7. The second-order valence-electron chi connectivity index (χ2n) is 6.00. The molecule has 2 aromatic rings. The Morgan fingerprint density at radius 1 is 1.42 bits per heavy atom. The van der Waals surface area contributed by atoms with Crippen LogP contribution < -0.4 is 15.0 Å². The first-order valence-electron chi connectivity index (χ1n) is 7.79. The van der Waals surface area contributed by atoms with Gasteiger partial charge in [-0.25, -0.2) is 0 Å². The molecule has 1 amide bonds. The van der Waals surface area contributed by atoms with Crippen LogP contribution in [0.3, 0.4) is 0 Å². The molecular formula is C18H20N2O4. The summed E-state index contributed by atoms with van der Waals surface area (Å²) in [5, 5.41) is 0. The van der Waals surface area contributed by atoms with Crippen LogP contribution >= 0.6 is 0 Å². The number of hydrogen-bond acceptors (Lipinski definition) is 4. The standard InChI is InChI=1S/C18H20N2O4/c1-11-7-12-8-13(9-15(23-3)17(12)24-11)18(22)20(2)10-14-5-4-6-16(21)19-14/h4-6,8-9,11H,7,10H2,1-3H3,(H,19,21). The van der Waals surface area contributed by atoms with Crippen molar-refractivity contribution in [3.63, 3.8) is 0 Å². The Labute approximate surface area is 140 Å². The third-order valence-corrected chi connectivity index (χ3v) is 4.01. The van der Waals surface area contributed by atoms with Crippen LogP contribution in [-0.2, 0) is 13.0 Å². The summed E-state index contributed by atoms with van der Waals surface area (Å²) >= 11 is 0. The maximum absolute atomic E-state index is 12.7. The zero-order valence-electron chi connectivity index (χ0n) is 14.0. The van der Waals surface area contributed by atoms with Crippen molar-refractivity contribution in [1.82, 2.24) is 9.88 Å². The van der Waals surface area contributed by atoms with Crippen molar-refractivity contribution in [3.05, 3.63) is 57.5 Å². The Balaban J connectivity index is 1.84. The predicted molar refractivity (Wildman–Crippen MR) is 89.6 cm³/mol. The topological polar surface area (TPSA) is 71.6 Å². The predicted octanol–water partition coefficient (Wildman–Crippen LogP) is 1.98. The summed E-state index contributed by atoms with van der Waals surface area (Å²) in [5.74, 6) is 1.15. The fourth-order valence-electron chi connectivity index (χ4n) is 2.91. The summed E-state index contributed by atoms with van der Waals surface area (Å²) in [5.41, 5.74) is 2.03. The largest absolute Gasteiger partial charge is 0.493 e. The molecule has 1 N–H and O–H groups in total. The molecule has 0 saturated heterocycles. The van der Waals surface area contributed by atoms with Crippen molar-refractivity contribution in [1.29, 1.82) is 0 Å². The lowest BCUT2D eigenvalue weighted by Crippen LogP contribution is -2.27. The number of H-pyrrole nitrogens is 1. The van der Waals surface area contributed by atoms with Gasteiger partial charge in [0.15, 0.2) is 11.5 Å². The molecule has 126 valence electrons. The summed E-state index contributed by atoms with van der Waals surface area (Å²) in [6.45, 7) is 2.31. The van der Waals surface area contributed by atoms with E-state index >= 15 is 0 Å². The quantitative estimate of drug-likeness (QED) is 0.931. The van der Waals surface area contributed by atoms with Crippen LogP contribution in [-0.4, -0.2) is 36.1 Å². The lowest BCUT2D eigenvalue weighted by Gasteiger charge is -2.18. The molecule has 0 bridgehead atoms. The summed E-state index contributed by atoms with van der Waals surface area (Å²) < 4.78 is 11.1. The van der Waals surface area contributed by atoms with Crippen molar-refractivity contribution >= 4 is 5.91 Å². The van der Waals surface area contributed by atoms with Gasteiger partial charge in [0.05, 0.1) is 13.7 Å². The molecule has 6 heteroatoms. The molecule has 2 heterocycles. The van der Waals surface area contributed by atoms with Gasteiger partial charge >= 0.3 is 0 Å². The highest BCUT2D eigenvalue weighted by molar-refractivity contribution is 5.95. The zero-order chi connectivity index (χ0) is 17.3. The van der Waals surface area contributed by atoms with E-state index in [2.05, 4.69) is 4.98 Å². The molecule has 1 aromatic carbocycles. The van der Waals surface area contributed by atoms with Crippen LogP contribution in [0.1, 0.15) is 28.5 Å².